The molecule has 0 amide bonds. The molecule has 0 atom stereocenters. The highest BCUT2D eigenvalue weighted by molar-refractivity contribution is 9.09. The van der Waals surface area contributed by atoms with Gasteiger partial charge in [-0.3, -0.25) is 0 Å². The number of nitrogens with zero attached hydrogens (tertiary/aromatic N) is 1. The van der Waals surface area contributed by atoms with E-state index in [2.05, 4.69) is 20.8 Å². The van der Waals surface area contributed by atoms with Crippen LogP contribution in [0, 0.1) is 5.92 Å². The molecule has 1 rings (SSSR count). The van der Waals surface area contributed by atoms with Gasteiger partial charge in [0.1, 0.15) is 0 Å². The number of alkyl halides is 1. The average molecular weight is 250 g/mol. The third-order valence-corrected chi connectivity index (χ3v) is 3.38. The van der Waals surface area contributed by atoms with Gasteiger partial charge in [-0.1, -0.05) is 15.9 Å². The molecule has 0 spiro atoms. The zero-order valence-corrected chi connectivity index (χ0v) is 9.80. The van der Waals surface area contributed by atoms with Crippen LogP contribution in [0.1, 0.15) is 25.7 Å². The first-order valence-electron chi connectivity index (χ1n) is 5.26. The van der Waals surface area contributed by atoms with Crippen LogP contribution in [0.15, 0.2) is 0 Å². The van der Waals surface area contributed by atoms with E-state index in [-0.39, 0.29) is 0 Å². The second kappa shape index (κ2) is 6.80. The minimum Gasteiger partial charge on any atom is -0.396 e. The van der Waals surface area contributed by atoms with E-state index in [4.69, 9.17) is 5.11 Å². The van der Waals surface area contributed by atoms with E-state index in [1.54, 1.807) is 0 Å². The van der Waals surface area contributed by atoms with E-state index >= 15 is 0 Å². The van der Waals surface area contributed by atoms with Crippen LogP contribution in [0.25, 0.3) is 0 Å². The zero-order chi connectivity index (χ0) is 9.52. The van der Waals surface area contributed by atoms with Gasteiger partial charge in [-0.25, -0.2) is 0 Å². The van der Waals surface area contributed by atoms with Gasteiger partial charge in [0.15, 0.2) is 0 Å². The van der Waals surface area contributed by atoms with Crippen LogP contribution in [0.5, 0.6) is 0 Å². The van der Waals surface area contributed by atoms with Gasteiger partial charge in [-0.05, 0) is 51.2 Å². The molecule has 0 saturated carbocycles. The van der Waals surface area contributed by atoms with Gasteiger partial charge >= 0.3 is 0 Å². The van der Waals surface area contributed by atoms with E-state index in [1.165, 1.54) is 45.3 Å². The summed E-state index contributed by atoms with van der Waals surface area (Å²) in [6, 6.07) is 0. The second-order valence-electron chi connectivity index (χ2n) is 3.86. The highest BCUT2D eigenvalue weighted by atomic mass is 79.9. The number of unbranched alkanes of at least 4 members (excludes halogenated alkanes) is 1. The molecule has 0 unspecified atom stereocenters. The normalized spacial score (nSPS) is 20.8. The zero-order valence-electron chi connectivity index (χ0n) is 8.21. The lowest BCUT2D eigenvalue weighted by Gasteiger charge is -2.30. The van der Waals surface area contributed by atoms with Crippen molar-refractivity contribution in [2.75, 3.05) is 31.6 Å². The Morgan fingerprint density at radius 3 is 2.46 bits per heavy atom. The highest BCUT2D eigenvalue weighted by Crippen LogP contribution is 2.16. The molecule has 1 heterocycles. The molecule has 1 aliphatic heterocycles. The number of halogens is 1. The van der Waals surface area contributed by atoms with Crippen LogP contribution < -0.4 is 0 Å². The summed E-state index contributed by atoms with van der Waals surface area (Å²) in [7, 11) is 0. The first kappa shape index (κ1) is 11.5. The van der Waals surface area contributed by atoms with Crippen molar-refractivity contribution in [2.24, 2.45) is 5.92 Å². The first-order chi connectivity index (χ1) is 6.36. The highest BCUT2D eigenvalue weighted by Gasteiger charge is 2.17. The Bertz CT molecular complexity index is 121. The smallest absolute Gasteiger partial charge is 0.0460 e. The van der Waals surface area contributed by atoms with Crippen molar-refractivity contribution in [3.05, 3.63) is 0 Å². The SMILES string of the molecule is OCC1CCN(CCCCBr)CC1. The molecule has 2 nitrogen and oxygen atoms in total. The van der Waals surface area contributed by atoms with Gasteiger partial charge in [-0.15, -0.1) is 0 Å². The number of piperidine rings is 1. The van der Waals surface area contributed by atoms with Gasteiger partial charge in [0, 0.05) is 11.9 Å². The third kappa shape index (κ3) is 4.43. The molecular formula is C10H20BrNO. The quantitative estimate of drug-likeness (QED) is 0.594. The van der Waals surface area contributed by atoms with Crippen LogP contribution in [0.3, 0.4) is 0 Å². The number of hydrogen-bond acceptors (Lipinski definition) is 2. The molecule has 0 aromatic rings. The first-order valence-corrected chi connectivity index (χ1v) is 6.38. The lowest BCUT2D eigenvalue weighted by Crippen LogP contribution is -2.35. The lowest BCUT2D eigenvalue weighted by molar-refractivity contribution is 0.131. The molecule has 1 aliphatic rings. The summed E-state index contributed by atoms with van der Waals surface area (Å²) >= 11 is 3.44. The minimum atomic E-state index is 0.384. The Hall–Kier alpha value is 0.400. The number of likely N-dealkylation sites (tertiary alicyclic amines) is 1. The fraction of sp³-hybridized carbons (Fsp3) is 1.00. The number of aliphatic hydroxyl groups excluding tert-OH is 1. The summed E-state index contributed by atoms with van der Waals surface area (Å²) in [5.41, 5.74) is 0. The number of hydrogen-bond donors (Lipinski definition) is 1. The van der Waals surface area contributed by atoms with E-state index in [0.717, 1.165) is 5.33 Å². The van der Waals surface area contributed by atoms with Crippen molar-refractivity contribution in [1.29, 1.82) is 0 Å². The molecule has 13 heavy (non-hydrogen) atoms. The van der Waals surface area contributed by atoms with E-state index in [0.29, 0.717) is 12.5 Å². The van der Waals surface area contributed by atoms with Crippen LogP contribution in [0.2, 0.25) is 0 Å². The summed E-state index contributed by atoms with van der Waals surface area (Å²) in [4.78, 5) is 2.52. The Morgan fingerprint density at radius 1 is 1.23 bits per heavy atom. The maximum Gasteiger partial charge on any atom is 0.0460 e. The predicted molar refractivity (Wildman–Crippen MR) is 59.3 cm³/mol. The van der Waals surface area contributed by atoms with E-state index < -0.39 is 0 Å². The average Bonchev–Trinajstić information content (AvgIpc) is 2.19. The standard InChI is InChI=1S/C10H20BrNO/c11-5-1-2-6-12-7-3-10(9-13)4-8-12/h10,13H,1-9H2. The Morgan fingerprint density at radius 2 is 1.92 bits per heavy atom. The molecule has 0 aromatic carbocycles. The fourth-order valence-electron chi connectivity index (χ4n) is 1.82. The molecular weight excluding hydrogens is 230 g/mol. The van der Waals surface area contributed by atoms with Gasteiger partial charge in [0.25, 0.3) is 0 Å². The largest absolute Gasteiger partial charge is 0.396 e. The predicted octanol–water partition coefficient (Wildman–Crippen LogP) is 1.87. The number of rotatable bonds is 5. The van der Waals surface area contributed by atoms with Gasteiger partial charge in [0.2, 0.25) is 0 Å². The topological polar surface area (TPSA) is 23.5 Å². The van der Waals surface area contributed by atoms with Crippen LogP contribution in [0.4, 0.5) is 0 Å². The summed E-state index contributed by atoms with van der Waals surface area (Å²) in [5, 5.41) is 10.1. The molecule has 1 N–H and O–H groups in total. The summed E-state index contributed by atoms with van der Waals surface area (Å²) in [6.45, 7) is 4.00. The minimum absolute atomic E-state index is 0.384. The van der Waals surface area contributed by atoms with Gasteiger partial charge in [-0.2, -0.15) is 0 Å². The summed E-state index contributed by atoms with van der Waals surface area (Å²) < 4.78 is 0. The van der Waals surface area contributed by atoms with Crippen molar-refractivity contribution < 1.29 is 5.11 Å². The Labute approximate surface area is 89.4 Å². The van der Waals surface area contributed by atoms with Crippen molar-refractivity contribution >= 4 is 15.9 Å². The maximum absolute atomic E-state index is 8.97. The summed E-state index contributed by atoms with van der Waals surface area (Å²) in [6.07, 6.45) is 4.95. The fourth-order valence-corrected chi connectivity index (χ4v) is 2.22. The van der Waals surface area contributed by atoms with Gasteiger partial charge < -0.3 is 10.0 Å². The van der Waals surface area contributed by atoms with Crippen LogP contribution >= 0.6 is 15.9 Å². The van der Waals surface area contributed by atoms with Crippen molar-refractivity contribution in [3.63, 3.8) is 0 Å². The Kier molecular flexibility index (Phi) is 6.00. The lowest BCUT2D eigenvalue weighted by atomic mass is 9.98. The molecule has 1 fully saturated rings. The molecule has 0 aromatic heterocycles. The molecule has 78 valence electrons. The molecule has 0 bridgehead atoms. The van der Waals surface area contributed by atoms with E-state index in [9.17, 15) is 0 Å². The monoisotopic (exact) mass is 249 g/mol. The molecule has 1 saturated heterocycles. The van der Waals surface area contributed by atoms with Gasteiger partial charge in [0.05, 0.1) is 0 Å². The van der Waals surface area contributed by atoms with Crippen LogP contribution in [-0.4, -0.2) is 41.6 Å². The van der Waals surface area contributed by atoms with Crippen molar-refractivity contribution in [1.82, 2.24) is 4.90 Å². The maximum atomic E-state index is 8.97. The van der Waals surface area contributed by atoms with Crippen molar-refractivity contribution in [3.8, 4) is 0 Å². The molecule has 3 heteroatoms. The van der Waals surface area contributed by atoms with Crippen molar-refractivity contribution in [2.45, 2.75) is 25.7 Å². The third-order valence-electron chi connectivity index (χ3n) is 2.82. The van der Waals surface area contributed by atoms with E-state index in [1.807, 2.05) is 0 Å². The molecule has 0 aliphatic carbocycles. The molecule has 0 radical (unpaired) electrons. The second-order valence-corrected chi connectivity index (χ2v) is 4.66. The summed E-state index contributed by atoms with van der Waals surface area (Å²) in [5.74, 6) is 0.576. The van der Waals surface area contributed by atoms with Crippen LogP contribution in [-0.2, 0) is 0 Å². The Balaban J connectivity index is 2.03. The number of aliphatic hydroxyl groups is 1.